The van der Waals surface area contributed by atoms with Crippen LogP contribution < -0.4 is 9.46 Å². The number of ether oxygens (including phenoxy) is 1. The zero-order valence-electron chi connectivity index (χ0n) is 18.1. The van der Waals surface area contributed by atoms with Gasteiger partial charge in [-0.1, -0.05) is 42.0 Å². The smallest absolute Gasteiger partial charge is 0.257 e. The number of rotatable bonds is 11. The Kier molecular flexibility index (Phi) is 10.3. The van der Waals surface area contributed by atoms with E-state index in [1.54, 1.807) is 42.5 Å². The molecule has 0 bridgehead atoms. The molecule has 1 aliphatic carbocycles. The summed E-state index contributed by atoms with van der Waals surface area (Å²) in [7, 11) is -3.60. The molecule has 1 aromatic carbocycles. The maximum Gasteiger partial charge on any atom is 0.257 e. The molecule has 0 heterocycles. The fraction of sp³-hybridized carbons (Fsp3) is 0.391. The number of carbonyl (C=O) groups excluding carboxylic acids is 2. The lowest BCUT2D eigenvalue weighted by Crippen LogP contribution is -2.27. The normalized spacial score (nSPS) is 22.4. The molecule has 0 unspecified atom stereocenters. The number of nitrogens with one attached hydrogen (secondary N) is 1. The van der Waals surface area contributed by atoms with Crippen LogP contribution >= 0.6 is 11.6 Å². The number of allylic oxidation sites excluding steroid dienone is 3. The van der Waals surface area contributed by atoms with Gasteiger partial charge in [0.15, 0.2) is 0 Å². The minimum atomic E-state index is -3.60. The standard InChI is InChI=1S/C23H28ClNO7S/c1-33(30,31)25-23(29)7-5-3-2-4-6-19-20(22(28)14-21(19)27)13-10-17(26)15-32-18-11-8-16(24)9-12-18/h2,4-5,7-13,17,19-20,22,26,28H,3,6,14-15H2,1H3,(H,25,29)/b4-2-,7-5+,13-10+/t17-,19-,20-,22-/m1/s1. The Labute approximate surface area is 198 Å². The molecule has 180 valence electrons. The van der Waals surface area contributed by atoms with Crippen molar-refractivity contribution in [3.8, 4) is 5.75 Å². The summed E-state index contributed by atoms with van der Waals surface area (Å²) < 4.78 is 29.2. The molecule has 1 fully saturated rings. The molecular formula is C23H28ClNO7S. The van der Waals surface area contributed by atoms with Gasteiger partial charge in [-0.25, -0.2) is 13.1 Å². The van der Waals surface area contributed by atoms with Gasteiger partial charge in [0.05, 0.1) is 12.4 Å². The van der Waals surface area contributed by atoms with E-state index in [0.29, 0.717) is 23.6 Å². The zero-order valence-corrected chi connectivity index (χ0v) is 19.7. The molecule has 1 saturated carbocycles. The van der Waals surface area contributed by atoms with E-state index in [1.165, 1.54) is 12.2 Å². The van der Waals surface area contributed by atoms with E-state index in [4.69, 9.17) is 16.3 Å². The number of ketones is 1. The minimum absolute atomic E-state index is 0.0126. The Morgan fingerprint density at radius 1 is 1.27 bits per heavy atom. The lowest BCUT2D eigenvalue weighted by atomic mass is 9.90. The summed E-state index contributed by atoms with van der Waals surface area (Å²) in [6.45, 7) is 0.0126. The Hall–Kier alpha value is -2.46. The number of Topliss-reactive ketones (excluding diaryl/α,β-unsaturated/α-hetero) is 1. The monoisotopic (exact) mass is 497 g/mol. The number of benzene rings is 1. The van der Waals surface area contributed by atoms with Gasteiger partial charge in [-0.15, -0.1) is 0 Å². The van der Waals surface area contributed by atoms with Crippen LogP contribution in [-0.2, 0) is 19.6 Å². The van der Waals surface area contributed by atoms with Gasteiger partial charge in [-0.3, -0.25) is 9.59 Å². The van der Waals surface area contributed by atoms with Crippen LogP contribution in [0.15, 0.2) is 60.7 Å². The number of hydrogen-bond donors (Lipinski definition) is 3. The number of sulfonamides is 1. The predicted octanol–water partition coefficient (Wildman–Crippen LogP) is 2.17. The molecule has 4 atom stereocenters. The number of aliphatic hydroxyl groups excluding tert-OH is 2. The first-order chi connectivity index (χ1) is 15.5. The molecule has 1 aliphatic rings. The van der Waals surface area contributed by atoms with Crippen molar-refractivity contribution in [2.45, 2.75) is 31.5 Å². The van der Waals surface area contributed by atoms with Crippen LogP contribution in [0.1, 0.15) is 19.3 Å². The topological polar surface area (TPSA) is 130 Å². The van der Waals surface area contributed by atoms with Gasteiger partial charge < -0.3 is 14.9 Å². The zero-order chi connectivity index (χ0) is 24.4. The highest BCUT2D eigenvalue weighted by atomic mass is 35.5. The average molecular weight is 498 g/mol. The van der Waals surface area contributed by atoms with Crippen molar-refractivity contribution in [1.82, 2.24) is 4.72 Å². The predicted molar refractivity (Wildman–Crippen MR) is 125 cm³/mol. The highest BCUT2D eigenvalue weighted by molar-refractivity contribution is 7.89. The molecule has 1 amide bonds. The highest BCUT2D eigenvalue weighted by Crippen LogP contribution is 2.33. The van der Waals surface area contributed by atoms with Crippen LogP contribution in [0, 0.1) is 11.8 Å². The largest absolute Gasteiger partial charge is 0.491 e. The number of aliphatic hydroxyl groups is 2. The summed E-state index contributed by atoms with van der Waals surface area (Å²) >= 11 is 5.82. The quantitative estimate of drug-likeness (QED) is 0.315. The van der Waals surface area contributed by atoms with Crippen LogP contribution in [-0.4, -0.2) is 55.4 Å². The van der Waals surface area contributed by atoms with Crippen LogP contribution in [0.5, 0.6) is 5.75 Å². The minimum Gasteiger partial charge on any atom is -0.491 e. The first-order valence-corrected chi connectivity index (χ1v) is 12.6. The summed E-state index contributed by atoms with van der Waals surface area (Å²) in [5.41, 5.74) is 0. The van der Waals surface area contributed by atoms with Crippen molar-refractivity contribution >= 4 is 33.3 Å². The summed E-state index contributed by atoms with van der Waals surface area (Å²) in [5, 5.41) is 21.0. The van der Waals surface area contributed by atoms with Gasteiger partial charge in [0.25, 0.3) is 5.91 Å². The first-order valence-electron chi connectivity index (χ1n) is 10.3. The number of carbonyl (C=O) groups is 2. The van der Waals surface area contributed by atoms with E-state index in [-0.39, 0.29) is 18.8 Å². The molecule has 8 nitrogen and oxygen atoms in total. The van der Waals surface area contributed by atoms with Crippen molar-refractivity contribution in [1.29, 1.82) is 0 Å². The Bertz CT molecular complexity index is 1000. The molecule has 33 heavy (non-hydrogen) atoms. The van der Waals surface area contributed by atoms with E-state index in [9.17, 15) is 28.2 Å². The van der Waals surface area contributed by atoms with Gasteiger partial charge in [-0.05, 0) is 37.1 Å². The summed E-state index contributed by atoms with van der Waals surface area (Å²) in [6.07, 6.45) is 9.29. The second-order valence-corrected chi connectivity index (χ2v) is 9.91. The second-order valence-electron chi connectivity index (χ2n) is 7.72. The van der Waals surface area contributed by atoms with Crippen LogP contribution in [0.3, 0.4) is 0 Å². The average Bonchev–Trinajstić information content (AvgIpc) is 2.99. The highest BCUT2D eigenvalue weighted by Gasteiger charge is 2.39. The molecule has 0 aromatic heterocycles. The third-order valence-electron chi connectivity index (χ3n) is 4.91. The molecule has 10 heteroatoms. The number of amides is 1. The molecule has 0 spiro atoms. The van der Waals surface area contributed by atoms with Crippen molar-refractivity contribution in [3.05, 3.63) is 65.7 Å². The summed E-state index contributed by atoms with van der Waals surface area (Å²) in [5.74, 6) is -1.08. The fourth-order valence-corrected chi connectivity index (χ4v) is 3.92. The second kappa shape index (κ2) is 12.7. The van der Waals surface area contributed by atoms with E-state index in [2.05, 4.69) is 0 Å². The van der Waals surface area contributed by atoms with Crippen LogP contribution in [0.4, 0.5) is 0 Å². The number of hydrogen-bond acceptors (Lipinski definition) is 7. The van der Waals surface area contributed by atoms with E-state index in [1.807, 2.05) is 4.72 Å². The first kappa shape index (κ1) is 26.8. The molecule has 0 saturated heterocycles. The van der Waals surface area contributed by atoms with Crippen molar-refractivity contribution in [2.24, 2.45) is 11.8 Å². The van der Waals surface area contributed by atoms with Crippen LogP contribution in [0.25, 0.3) is 0 Å². The summed E-state index contributed by atoms with van der Waals surface area (Å²) in [6, 6.07) is 6.73. The van der Waals surface area contributed by atoms with Crippen molar-refractivity contribution in [2.75, 3.05) is 12.9 Å². The molecule has 0 aliphatic heterocycles. The lowest BCUT2D eigenvalue weighted by molar-refractivity contribution is -0.121. The van der Waals surface area contributed by atoms with E-state index >= 15 is 0 Å². The summed E-state index contributed by atoms with van der Waals surface area (Å²) in [4.78, 5) is 23.6. The Morgan fingerprint density at radius 3 is 2.64 bits per heavy atom. The molecule has 3 N–H and O–H groups in total. The SMILES string of the molecule is CS(=O)(=O)NC(=O)/C=C/C/C=C\C[C@H]1C(=O)C[C@@H](O)[C@@H]1/C=C/[C@@H](O)COc1ccc(Cl)cc1. The lowest BCUT2D eigenvalue weighted by Gasteiger charge is -2.17. The molecule has 2 rings (SSSR count). The van der Waals surface area contributed by atoms with Gasteiger partial charge >= 0.3 is 0 Å². The van der Waals surface area contributed by atoms with E-state index < -0.39 is 40.0 Å². The fourth-order valence-electron chi connectivity index (χ4n) is 3.36. The number of halogens is 1. The van der Waals surface area contributed by atoms with E-state index in [0.717, 1.165) is 12.3 Å². The maximum absolute atomic E-state index is 12.3. The van der Waals surface area contributed by atoms with Gasteiger partial charge in [-0.2, -0.15) is 0 Å². The van der Waals surface area contributed by atoms with Crippen LogP contribution in [0.2, 0.25) is 5.02 Å². The molecular weight excluding hydrogens is 470 g/mol. The van der Waals surface area contributed by atoms with Gasteiger partial charge in [0, 0.05) is 29.4 Å². The third kappa shape index (κ3) is 9.91. The molecule has 0 radical (unpaired) electrons. The van der Waals surface area contributed by atoms with Gasteiger partial charge in [0.2, 0.25) is 10.0 Å². The van der Waals surface area contributed by atoms with Gasteiger partial charge in [0.1, 0.15) is 24.2 Å². The Balaban J connectivity index is 1.83. The third-order valence-corrected chi connectivity index (χ3v) is 5.73. The van der Waals surface area contributed by atoms with Crippen molar-refractivity contribution < 1.29 is 33.0 Å². The molecule has 1 aromatic rings. The Morgan fingerprint density at radius 2 is 1.97 bits per heavy atom. The van der Waals surface area contributed by atoms with Crippen molar-refractivity contribution in [3.63, 3.8) is 0 Å². The maximum atomic E-state index is 12.3.